The molecule has 2 aliphatic rings. The second-order valence-corrected chi connectivity index (χ2v) is 7.09. The molecule has 3 aromatic rings. The van der Waals surface area contributed by atoms with Crippen LogP contribution in [0.3, 0.4) is 0 Å². The Bertz CT molecular complexity index is 972. The zero-order valence-electron chi connectivity index (χ0n) is 14.6. The van der Waals surface area contributed by atoms with Crippen molar-refractivity contribution in [3.05, 3.63) is 59.6 Å². The van der Waals surface area contributed by atoms with Gasteiger partial charge in [0.15, 0.2) is 0 Å². The fourth-order valence-corrected chi connectivity index (χ4v) is 4.35. The van der Waals surface area contributed by atoms with E-state index in [0.717, 1.165) is 17.9 Å². The van der Waals surface area contributed by atoms with Gasteiger partial charge in [0.25, 0.3) is 5.78 Å². The fraction of sp³-hybridized carbons (Fsp3) is 0.350. The summed E-state index contributed by atoms with van der Waals surface area (Å²) >= 11 is 0. The largest absolute Gasteiger partial charge is 0.346 e. The molecule has 0 aliphatic carbocycles. The van der Waals surface area contributed by atoms with Gasteiger partial charge < -0.3 is 4.90 Å². The molecule has 1 saturated heterocycles. The lowest BCUT2D eigenvalue weighted by molar-refractivity contribution is 0.636. The first-order valence-corrected chi connectivity index (χ1v) is 8.94. The molecular weight excluding hydrogens is 310 g/mol. The summed E-state index contributed by atoms with van der Waals surface area (Å²) in [6.07, 6.45) is 7.54. The molecule has 2 bridgehead atoms. The van der Waals surface area contributed by atoms with Gasteiger partial charge >= 0.3 is 0 Å². The zero-order chi connectivity index (χ0) is 17.0. The van der Waals surface area contributed by atoms with Gasteiger partial charge in [0, 0.05) is 23.3 Å². The summed E-state index contributed by atoms with van der Waals surface area (Å²) in [7, 11) is 0. The number of rotatable bonds is 2. The molecule has 0 N–H and O–H groups in total. The van der Waals surface area contributed by atoms with E-state index >= 15 is 0 Å². The SMILES string of the molecule is Cc1nc2ncnn2c(N2[C@@H]3CC[C@@H]2C=C(c2ccccc2)C3)c1C. The summed E-state index contributed by atoms with van der Waals surface area (Å²) in [6, 6.07) is 11.7. The molecule has 4 heterocycles. The minimum Gasteiger partial charge on any atom is -0.346 e. The van der Waals surface area contributed by atoms with Crippen molar-refractivity contribution in [3.8, 4) is 0 Å². The number of hydrogen-bond donors (Lipinski definition) is 0. The third kappa shape index (κ3) is 2.18. The highest BCUT2D eigenvalue weighted by Crippen LogP contribution is 2.42. The van der Waals surface area contributed by atoms with Crippen LogP contribution in [0.1, 0.15) is 36.1 Å². The molecule has 0 amide bonds. The first-order chi connectivity index (χ1) is 12.2. The Morgan fingerprint density at radius 1 is 1.08 bits per heavy atom. The van der Waals surface area contributed by atoms with Gasteiger partial charge in [-0.1, -0.05) is 36.4 Å². The molecule has 1 aromatic carbocycles. The van der Waals surface area contributed by atoms with Gasteiger partial charge in [0.05, 0.1) is 0 Å². The van der Waals surface area contributed by atoms with Crippen LogP contribution < -0.4 is 4.90 Å². The quantitative estimate of drug-likeness (QED) is 0.720. The number of nitrogens with zero attached hydrogens (tertiary/aromatic N) is 5. The number of hydrogen-bond acceptors (Lipinski definition) is 4. The highest BCUT2D eigenvalue weighted by molar-refractivity contribution is 5.71. The predicted octanol–water partition coefficient (Wildman–Crippen LogP) is 3.57. The molecule has 126 valence electrons. The molecule has 5 rings (SSSR count). The lowest BCUT2D eigenvalue weighted by Gasteiger charge is -2.37. The molecule has 2 aliphatic heterocycles. The highest BCUT2D eigenvalue weighted by atomic mass is 15.4. The molecule has 25 heavy (non-hydrogen) atoms. The second-order valence-electron chi connectivity index (χ2n) is 7.09. The third-order valence-electron chi connectivity index (χ3n) is 5.66. The van der Waals surface area contributed by atoms with E-state index in [1.54, 1.807) is 6.33 Å². The van der Waals surface area contributed by atoms with Gasteiger partial charge in [0.2, 0.25) is 0 Å². The van der Waals surface area contributed by atoms with Gasteiger partial charge in [-0.2, -0.15) is 14.6 Å². The summed E-state index contributed by atoms with van der Waals surface area (Å²) < 4.78 is 1.91. The van der Waals surface area contributed by atoms with Crippen LogP contribution in [0, 0.1) is 13.8 Å². The molecule has 2 aromatic heterocycles. The van der Waals surface area contributed by atoms with Crippen LogP contribution in [0.15, 0.2) is 42.7 Å². The standard InChI is InChI=1S/C20H21N5/c1-13-14(2)23-20-21-12-22-25(20)19(13)24-17-8-9-18(24)11-16(10-17)15-6-4-3-5-7-15/h3-7,10,12,17-18H,8-9,11H2,1-2H3/t17-,18-/m1/s1. The van der Waals surface area contributed by atoms with E-state index in [0.29, 0.717) is 17.9 Å². The normalized spacial score (nSPS) is 22.5. The average Bonchev–Trinajstić information content (AvgIpc) is 3.18. The maximum atomic E-state index is 4.57. The van der Waals surface area contributed by atoms with E-state index in [9.17, 15) is 0 Å². The van der Waals surface area contributed by atoms with Crippen molar-refractivity contribution in [1.82, 2.24) is 19.6 Å². The van der Waals surface area contributed by atoms with E-state index in [2.05, 4.69) is 70.2 Å². The van der Waals surface area contributed by atoms with Gasteiger partial charge in [0.1, 0.15) is 12.1 Å². The van der Waals surface area contributed by atoms with Gasteiger partial charge in [-0.3, -0.25) is 0 Å². The summed E-state index contributed by atoms with van der Waals surface area (Å²) in [4.78, 5) is 11.4. The average molecular weight is 331 g/mol. The van der Waals surface area contributed by atoms with E-state index in [1.165, 1.54) is 29.5 Å². The molecule has 1 fully saturated rings. The Morgan fingerprint density at radius 3 is 2.72 bits per heavy atom. The highest BCUT2D eigenvalue weighted by Gasteiger charge is 2.39. The number of anilines is 1. The first-order valence-electron chi connectivity index (χ1n) is 8.94. The van der Waals surface area contributed by atoms with Crippen LogP contribution in [0.5, 0.6) is 0 Å². The predicted molar refractivity (Wildman–Crippen MR) is 98.6 cm³/mol. The van der Waals surface area contributed by atoms with Crippen molar-refractivity contribution in [2.75, 3.05) is 4.90 Å². The molecule has 5 heteroatoms. The number of aryl methyl sites for hydroxylation is 1. The van der Waals surface area contributed by atoms with E-state index < -0.39 is 0 Å². The minimum absolute atomic E-state index is 0.418. The second kappa shape index (κ2) is 5.41. The van der Waals surface area contributed by atoms with Crippen LogP contribution >= 0.6 is 0 Å². The zero-order valence-corrected chi connectivity index (χ0v) is 14.6. The topological polar surface area (TPSA) is 46.3 Å². The van der Waals surface area contributed by atoms with E-state index in [4.69, 9.17) is 0 Å². The number of benzene rings is 1. The van der Waals surface area contributed by atoms with Gasteiger partial charge in [-0.05, 0) is 44.2 Å². The Labute approximate surface area is 147 Å². The fourth-order valence-electron chi connectivity index (χ4n) is 4.35. The number of fused-ring (bicyclic) bond motifs is 3. The van der Waals surface area contributed by atoms with Gasteiger partial charge in [-0.25, -0.2) is 4.98 Å². The van der Waals surface area contributed by atoms with Crippen molar-refractivity contribution in [1.29, 1.82) is 0 Å². The molecule has 2 atom stereocenters. The lowest BCUT2D eigenvalue weighted by Crippen LogP contribution is -2.40. The van der Waals surface area contributed by atoms with Crippen molar-refractivity contribution in [2.24, 2.45) is 0 Å². The Hall–Kier alpha value is -2.69. The molecular formula is C20H21N5. The van der Waals surface area contributed by atoms with Crippen molar-refractivity contribution in [2.45, 2.75) is 45.2 Å². The Kier molecular flexibility index (Phi) is 3.17. The number of aromatic nitrogens is 4. The summed E-state index contributed by atoms with van der Waals surface area (Å²) in [5.74, 6) is 1.85. The first kappa shape index (κ1) is 14.6. The van der Waals surface area contributed by atoms with Crippen LogP contribution in [-0.2, 0) is 0 Å². The van der Waals surface area contributed by atoms with Crippen LogP contribution in [-0.4, -0.2) is 31.7 Å². The maximum Gasteiger partial charge on any atom is 0.254 e. The van der Waals surface area contributed by atoms with Crippen molar-refractivity contribution in [3.63, 3.8) is 0 Å². The summed E-state index contributed by atoms with van der Waals surface area (Å²) in [5, 5.41) is 4.45. The molecule has 0 unspecified atom stereocenters. The molecule has 0 saturated carbocycles. The summed E-state index contributed by atoms with van der Waals surface area (Å²) in [6.45, 7) is 4.21. The van der Waals surface area contributed by atoms with Crippen molar-refractivity contribution >= 4 is 17.2 Å². The van der Waals surface area contributed by atoms with Crippen molar-refractivity contribution < 1.29 is 0 Å². The Balaban J connectivity index is 1.63. The lowest BCUT2D eigenvalue weighted by atomic mass is 9.94. The molecule has 5 nitrogen and oxygen atoms in total. The van der Waals surface area contributed by atoms with E-state index in [-0.39, 0.29) is 0 Å². The maximum absolute atomic E-state index is 4.57. The van der Waals surface area contributed by atoms with Crippen LogP contribution in [0.4, 0.5) is 5.82 Å². The third-order valence-corrected chi connectivity index (χ3v) is 5.66. The Morgan fingerprint density at radius 2 is 1.92 bits per heavy atom. The minimum atomic E-state index is 0.418. The smallest absolute Gasteiger partial charge is 0.254 e. The van der Waals surface area contributed by atoms with Crippen LogP contribution in [0.2, 0.25) is 0 Å². The monoisotopic (exact) mass is 331 g/mol. The molecule has 0 spiro atoms. The van der Waals surface area contributed by atoms with Gasteiger partial charge in [-0.15, -0.1) is 0 Å². The van der Waals surface area contributed by atoms with E-state index in [1.807, 2.05) is 4.52 Å². The molecule has 0 radical (unpaired) electrons. The van der Waals surface area contributed by atoms with Crippen LogP contribution in [0.25, 0.3) is 11.4 Å². The summed E-state index contributed by atoms with van der Waals surface area (Å²) in [5.41, 5.74) is 5.06.